The van der Waals surface area contributed by atoms with Crippen molar-refractivity contribution in [2.45, 2.75) is 99.8 Å². The van der Waals surface area contributed by atoms with Crippen LogP contribution in [0.25, 0.3) is 0 Å². The van der Waals surface area contributed by atoms with E-state index in [1.165, 1.54) is 51.4 Å². The van der Waals surface area contributed by atoms with Gasteiger partial charge in [-0.15, -0.1) is 0 Å². The Balaban J connectivity index is 0. The predicted molar refractivity (Wildman–Crippen MR) is 82.6 cm³/mol. The fraction of sp³-hybridized carbons (Fsp3) is 1.00. The molecule has 1 atom stereocenters. The second-order valence-corrected chi connectivity index (χ2v) is 5.78. The van der Waals surface area contributed by atoms with Crippen molar-refractivity contribution in [3.63, 3.8) is 0 Å². The Bertz CT molecular complexity index is 127. The van der Waals surface area contributed by atoms with Crippen LogP contribution in [0.15, 0.2) is 0 Å². The van der Waals surface area contributed by atoms with E-state index < -0.39 is 0 Å². The Morgan fingerprint density at radius 3 is 1.35 bits per heavy atom. The smallest absolute Gasteiger partial charge is 0.0352 e. The molecule has 2 fully saturated rings. The van der Waals surface area contributed by atoms with Crippen LogP contribution in [0.4, 0.5) is 0 Å². The molecule has 2 rings (SSSR count). The molecule has 17 heavy (non-hydrogen) atoms. The van der Waals surface area contributed by atoms with E-state index >= 15 is 0 Å². The minimum atomic E-state index is 0.650. The van der Waals surface area contributed by atoms with Crippen molar-refractivity contribution in [1.29, 1.82) is 0 Å². The van der Waals surface area contributed by atoms with Crippen LogP contribution in [-0.4, -0.2) is 0 Å². The summed E-state index contributed by atoms with van der Waals surface area (Å²) in [6, 6.07) is 0. The minimum Gasteiger partial charge on any atom is -0.0683 e. The van der Waals surface area contributed by atoms with Gasteiger partial charge in [0.25, 0.3) is 0 Å². The third-order valence-electron chi connectivity index (χ3n) is 3.45. The van der Waals surface area contributed by atoms with Gasteiger partial charge in [0.2, 0.25) is 0 Å². The molecule has 0 N–H and O–H groups in total. The second-order valence-electron chi connectivity index (χ2n) is 5.78. The summed E-state index contributed by atoms with van der Waals surface area (Å²) in [5, 5.41) is 0. The zero-order chi connectivity index (χ0) is 13.7. The van der Waals surface area contributed by atoms with Crippen molar-refractivity contribution >= 4 is 0 Å². The van der Waals surface area contributed by atoms with Gasteiger partial charge < -0.3 is 0 Å². The Morgan fingerprint density at radius 1 is 0.765 bits per heavy atom. The molecule has 1 unspecified atom stereocenters. The monoisotopic (exact) mass is 242 g/mol. The molecule has 0 spiro atoms. The van der Waals surface area contributed by atoms with Gasteiger partial charge in [-0.2, -0.15) is 0 Å². The largest absolute Gasteiger partial charge is 0.0683 e. The maximum atomic E-state index is 2.39. The summed E-state index contributed by atoms with van der Waals surface area (Å²) in [6.45, 7) is 15.2. The number of hydrogen-bond donors (Lipinski definition) is 0. The van der Waals surface area contributed by atoms with E-state index in [4.69, 9.17) is 0 Å². The van der Waals surface area contributed by atoms with Crippen molar-refractivity contribution in [2.24, 2.45) is 11.3 Å². The van der Waals surface area contributed by atoms with Crippen molar-refractivity contribution < 1.29 is 0 Å². The summed E-state index contributed by atoms with van der Waals surface area (Å²) >= 11 is 0. The third kappa shape index (κ3) is 12.2. The van der Waals surface area contributed by atoms with Gasteiger partial charge in [0.15, 0.2) is 0 Å². The summed E-state index contributed by atoms with van der Waals surface area (Å²) in [7, 11) is 0. The van der Waals surface area contributed by atoms with E-state index in [9.17, 15) is 0 Å². The molecule has 0 heterocycles. The number of rotatable bonds is 0. The topological polar surface area (TPSA) is 0 Å². The fourth-order valence-electron chi connectivity index (χ4n) is 2.33. The van der Waals surface area contributed by atoms with Gasteiger partial charge in [0.1, 0.15) is 0 Å². The SMILES string of the molecule is C1CCC1.CC.CC.CC1CCCC(C)(C)C1. The molecule has 0 amide bonds. The van der Waals surface area contributed by atoms with Crippen LogP contribution < -0.4 is 0 Å². The molecule has 2 saturated carbocycles. The van der Waals surface area contributed by atoms with Crippen LogP contribution in [0.5, 0.6) is 0 Å². The van der Waals surface area contributed by atoms with Crippen molar-refractivity contribution in [3.05, 3.63) is 0 Å². The first kappa shape index (κ1) is 19.3. The Labute approximate surface area is 112 Å². The van der Waals surface area contributed by atoms with Crippen molar-refractivity contribution in [2.75, 3.05) is 0 Å². The molecule has 2 aliphatic carbocycles. The highest BCUT2D eigenvalue weighted by Gasteiger charge is 2.24. The van der Waals surface area contributed by atoms with Gasteiger partial charge in [0.05, 0.1) is 0 Å². The molecule has 0 bridgehead atoms. The standard InChI is InChI=1S/C9H18.C4H8.2C2H6/c1-8-5-4-6-9(2,3)7-8;1-2-4-3-1;2*1-2/h8H,4-7H2,1-3H3;1-4H2;2*1-2H3. The molecule has 0 radical (unpaired) electrons. The van der Waals surface area contributed by atoms with Crippen LogP contribution in [0.1, 0.15) is 99.8 Å². The van der Waals surface area contributed by atoms with Gasteiger partial charge in [-0.25, -0.2) is 0 Å². The maximum absolute atomic E-state index is 2.39. The van der Waals surface area contributed by atoms with E-state index in [1.54, 1.807) is 0 Å². The van der Waals surface area contributed by atoms with E-state index in [0.717, 1.165) is 5.92 Å². The lowest BCUT2D eigenvalue weighted by Crippen LogP contribution is -2.20. The highest BCUT2D eigenvalue weighted by atomic mass is 14.3. The lowest BCUT2D eigenvalue weighted by Gasteiger charge is -2.33. The molecule has 0 aromatic carbocycles. The van der Waals surface area contributed by atoms with E-state index in [-0.39, 0.29) is 0 Å². The first-order chi connectivity index (χ1) is 8.10. The Morgan fingerprint density at radius 2 is 1.18 bits per heavy atom. The first-order valence-corrected chi connectivity index (χ1v) is 8.10. The summed E-state index contributed by atoms with van der Waals surface area (Å²) in [5.41, 5.74) is 0.650. The summed E-state index contributed by atoms with van der Waals surface area (Å²) in [4.78, 5) is 0. The minimum absolute atomic E-state index is 0.650. The molecule has 0 aliphatic heterocycles. The van der Waals surface area contributed by atoms with E-state index in [2.05, 4.69) is 20.8 Å². The molecular weight excluding hydrogens is 204 g/mol. The van der Waals surface area contributed by atoms with Gasteiger partial charge in [-0.1, -0.05) is 87.0 Å². The molecule has 0 saturated heterocycles. The van der Waals surface area contributed by atoms with E-state index in [0.29, 0.717) is 5.41 Å². The van der Waals surface area contributed by atoms with Crippen LogP contribution in [0.2, 0.25) is 0 Å². The lowest BCUT2D eigenvalue weighted by molar-refractivity contribution is 0.191. The number of hydrogen-bond acceptors (Lipinski definition) is 0. The fourth-order valence-corrected chi connectivity index (χ4v) is 2.33. The zero-order valence-corrected chi connectivity index (χ0v) is 13.7. The predicted octanol–water partition coefficient (Wildman–Crippen LogP) is 6.84. The third-order valence-corrected chi connectivity index (χ3v) is 3.45. The lowest BCUT2D eigenvalue weighted by atomic mass is 9.73. The summed E-state index contributed by atoms with van der Waals surface area (Å²) in [5.74, 6) is 0.980. The second kappa shape index (κ2) is 12.5. The first-order valence-electron chi connectivity index (χ1n) is 8.10. The normalized spacial score (nSPS) is 24.5. The maximum Gasteiger partial charge on any atom is -0.0352 e. The molecule has 106 valence electrons. The van der Waals surface area contributed by atoms with Crippen LogP contribution in [-0.2, 0) is 0 Å². The van der Waals surface area contributed by atoms with E-state index in [1.807, 2.05) is 27.7 Å². The average Bonchev–Trinajstić information content (AvgIpc) is 2.19. The summed E-state index contributed by atoms with van der Waals surface area (Å²) in [6.07, 6.45) is 11.8. The molecule has 2 aliphatic rings. The molecule has 0 nitrogen and oxygen atoms in total. The van der Waals surface area contributed by atoms with Crippen molar-refractivity contribution in [1.82, 2.24) is 0 Å². The van der Waals surface area contributed by atoms with Gasteiger partial charge >= 0.3 is 0 Å². The molecule has 0 heteroatoms. The quantitative estimate of drug-likeness (QED) is 0.436. The molecule has 0 aromatic heterocycles. The molecule has 0 aromatic rings. The van der Waals surface area contributed by atoms with Crippen LogP contribution in [0.3, 0.4) is 0 Å². The highest BCUT2D eigenvalue weighted by Crippen LogP contribution is 2.37. The van der Waals surface area contributed by atoms with Gasteiger partial charge in [0, 0.05) is 0 Å². The van der Waals surface area contributed by atoms with Crippen LogP contribution in [0, 0.1) is 11.3 Å². The Hall–Kier alpha value is 0. The zero-order valence-electron chi connectivity index (χ0n) is 13.7. The Kier molecular flexibility index (Phi) is 14.2. The summed E-state index contributed by atoms with van der Waals surface area (Å²) < 4.78 is 0. The van der Waals surface area contributed by atoms with Crippen LogP contribution >= 0.6 is 0 Å². The molecular formula is C17H38. The van der Waals surface area contributed by atoms with Gasteiger partial charge in [-0.05, 0) is 24.2 Å². The van der Waals surface area contributed by atoms with Gasteiger partial charge in [-0.3, -0.25) is 0 Å². The average molecular weight is 242 g/mol. The van der Waals surface area contributed by atoms with Crippen molar-refractivity contribution in [3.8, 4) is 0 Å². The highest BCUT2D eigenvalue weighted by molar-refractivity contribution is 4.76.